The molecule has 0 atom stereocenters. The minimum Gasteiger partial charge on any atom is -0.309 e. The van der Waals surface area contributed by atoms with Crippen LogP contribution in [0.15, 0.2) is 194 Å². The summed E-state index contributed by atoms with van der Waals surface area (Å²) < 4.78 is 4.78. The van der Waals surface area contributed by atoms with Gasteiger partial charge in [-0.3, -0.25) is 0 Å². The molecule has 0 bridgehead atoms. The highest BCUT2D eigenvalue weighted by Crippen LogP contribution is 2.43. The summed E-state index contributed by atoms with van der Waals surface area (Å²) in [6, 6.07) is 63.6. The molecule has 11 aromatic rings. The van der Waals surface area contributed by atoms with E-state index in [2.05, 4.69) is 128 Å². The third-order valence-electron chi connectivity index (χ3n) is 10.6. The van der Waals surface area contributed by atoms with Gasteiger partial charge in [-0.1, -0.05) is 121 Å². The first-order valence-corrected chi connectivity index (χ1v) is 18.7. The quantitative estimate of drug-likeness (QED) is 0.172. The predicted octanol–water partition coefficient (Wildman–Crippen LogP) is 12.1. The van der Waals surface area contributed by atoms with Crippen molar-refractivity contribution in [2.75, 3.05) is 0 Å². The first-order chi connectivity index (χ1) is 27.8. The lowest BCUT2D eigenvalue weighted by molar-refractivity contribution is 1.16. The Labute approximate surface area is 322 Å². The average molecular weight is 717 g/mol. The monoisotopic (exact) mass is 716 g/mol. The number of hydrogen-bond donors (Lipinski definition) is 0. The summed E-state index contributed by atoms with van der Waals surface area (Å²) >= 11 is 0. The van der Waals surface area contributed by atoms with Crippen LogP contribution in [-0.2, 0) is 0 Å². The molecule has 0 radical (unpaired) electrons. The van der Waals surface area contributed by atoms with E-state index in [1.807, 2.05) is 85.2 Å². The second kappa shape index (κ2) is 13.0. The maximum atomic E-state index is 4.98. The van der Waals surface area contributed by atoms with Gasteiger partial charge in [0.2, 0.25) is 0 Å². The van der Waals surface area contributed by atoms with Crippen molar-refractivity contribution in [1.29, 1.82) is 0 Å². The Morgan fingerprint density at radius 2 is 0.732 bits per heavy atom. The van der Waals surface area contributed by atoms with Crippen molar-refractivity contribution in [3.05, 3.63) is 194 Å². The molecule has 6 nitrogen and oxygen atoms in total. The minimum atomic E-state index is 0.712. The topological polar surface area (TPSA) is 61.4 Å². The maximum absolute atomic E-state index is 4.98. The lowest BCUT2D eigenvalue weighted by Gasteiger charge is -2.12. The van der Waals surface area contributed by atoms with Crippen molar-refractivity contribution < 1.29 is 0 Å². The molecular weight excluding hydrogens is 685 g/mol. The summed E-state index contributed by atoms with van der Waals surface area (Å²) in [6.07, 6.45) is 3.69. The Bertz CT molecular complexity index is 3030. The van der Waals surface area contributed by atoms with Gasteiger partial charge in [0.15, 0.2) is 11.6 Å². The Morgan fingerprint density at radius 3 is 1.20 bits per heavy atom. The molecule has 0 aliphatic heterocycles. The zero-order valence-corrected chi connectivity index (χ0v) is 30.2. The van der Waals surface area contributed by atoms with Crippen LogP contribution in [0.25, 0.3) is 100 Å². The highest BCUT2D eigenvalue weighted by molar-refractivity contribution is 6.28. The molecule has 0 aliphatic rings. The molecule has 0 saturated carbocycles. The van der Waals surface area contributed by atoms with Crippen molar-refractivity contribution in [3.63, 3.8) is 0 Å². The van der Waals surface area contributed by atoms with E-state index in [4.69, 9.17) is 9.97 Å². The molecule has 0 amide bonds. The summed E-state index contributed by atoms with van der Waals surface area (Å²) in [5.74, 6) is 1.42. The van der Waals surface area contributed by atoms with E-state index in [0.29, 0.717) is 11.6 Å². The van der Waals surface area contributed by atoms with E-state index >= 15 is 0 Å². The largest absolute Gasteiger partial charge is 0.309 e. The molecule has 0 spiro atoms. The van der Waals surface area contributed by atoms with E-state index in [-0.39, 0.29) is 0 Å². The molecule has 0 aliphatic carbocycles. The molecule has 0 unspecified atom stereocenters. The smallest absolute Gasteiger partial charge is 0.159 e. The van der Waals surface area contributed by atoms with E-state index in [1.165, 1.54) is 21.5 Å². The van der Waals surface area contributed by atoms with Crippen LogP contribution in [0, 0.1) is 0 Å². The molecular formula is C50H32N6. The summed E-state index contributed by atoms with van der Waals surface area (Å²) in [7, 11) is 0. The van der Waals surface area contributed by atoms with E-state index in [0.717, 1.165) is 67.1 Å². The summed E-state index contributed by atoms with van der Waals surface area (Å²) in [4.78, 5) is 19.1. The summed E-state index contributed by atoms with van der Waals surface area (Å²) in [5.41, 5.74) is 12.6. The first kappa shape index (κ1) is 31.8. The Kier molecular flexibility index (Phi) is 7.38. The number of para-hydroxylation sites is 2. The second-order valence-corrected chi connectivity index (χ2v) is 13.9. The third-order valence-corrected chi connectivity index (χ3v) is 10.6. The van der Waals surface area contributed by atoms with Crippen molar-refractivity contribution in [3.8, 4) is 56.7 Å². The van der Waals surface area contributed by atoms with Crippen LogP contribution in [-0.4, -0.2) is 29.1 Å². The van der Waals surface area contributed by atoms with Crippen LogP contribution in [0.2, 0.25) is 0 Å². The zero-order chi connectivity index (χ0) is 37.0. The van der Waals surface area contributed by atoms with Gasteiger partial charge in [-0.15, -0.1) is 0 Å². The molecule has 56 heavy (non-hydrogen) atoms. The van der Waals surface area contributed by atoms with Crippen LogP contribution in [0.5, 0.6) is 0 Å². The number of hydrogen-bond acceptors (Lipinski definition) is 4. The van der Waals surface area contributed by atoms with Gasteiger partial charge in [-0.2, -0.15) is 0 Å². The van der Waals surface area contributed by atoms with Gasteiger partial charge in [-0.25, -0.2) is 19.9 Å². The molecule has 0 saturated heterocycles. The van der Waals surface area contributed by atoms with Gasteiger partial charge in [0.25, 0.3) is 0 Å². The molecule has 262 valence electrons. The van der Waals surface area contributed by atoms with Crippen LogP contribution in [0.4, 0.5) is 0 Å². The highest BCUT2D eigenvalue weighted by atomic mass is 15.0. The molecule has 4 aromatic heterocycles. The van der Waals surface area contributed by atoms with Crippen LogP contribution < -0.4 is 0 Å². The number of benzene rings is 7. The van der Waals surface area contributed by atoms with Gasteiger partial charge < -0.3 is 9.13 Å². The maximum Gasteiger partial charge on any atom is 0.159 e. The van der Waals surface area contributed by atoms with Crippen molar-refractivity contribution in [2.45, 2.75) is 0 Å². The Hall–Kier alpha value is -7.70. The van der Waals surface area contributed by atoms with Crippen molar-refractivity contribution >= 4 is 43.6 Å². The van der Waals surface area contributed by atoms with Crippen molar-refractivity contribution in [2.24, 2.45) is 0 Å². The molecule has 4 heterocycles. The first-order valence-electron chi connectivity index (χ1n) is 18.7. The van der Waals surface area contributed by atoms with E-state index < -0.39 is 0 Å². The third kappa shape index (κ3) is 5.19. The van der Waals surface area contributed by atoms with Crippen LogP contribution in [0.3, 0.4) is 0 Å². The molecule has 6 heteroatoms. The molecule has 0 N–H and O–H groups in total. The number of fused-ring (bicyclic) bond motifs is 7. The summed E-state index contributed by atoms with van der Waals surface area (Å²) in [6.45, 7) is 0. The summed E-state index contributed by atoms with van der Waals surface area (Å²) in [5, 5.41) is 4.87. The lowest BCUT2D eigenvalue weighted by Crippen LogP contribution is -1.97. The standard InChI is InChI=1S/C50H32N6/c1-3-13-33(14-4-1)49-51-29-27-41(53-49)35-17-11-19-37(31-35)55-43-23-9-7-21-39(43)47-45(55)25-26-46-48(47)40-22-8-10-24-44(40)56(46)38-20-12-18-36(32-38)42-28-30-52-50(54-42)34-15-5-2-6-16-34/h1-32H. The average Bonchev–Trinajstić information content (AvgIpc) is 3.80. The second-order valence-electron chi connectivity index (χ2n) is 13.9. The van der Waals surface area contributed by atoms with Crippen LogP contribution in [0.1, 0.15) is 0 Å². The Balaban J connectivity index is 1.09. The van der Waals surface area contributed by atoms with Gasteiger partial charge in [0.1, 0.15) is 0 Å². The van der Waals surface area contributed by atoms with Gasteiger partial charge >= 0.3 is 0 Å². The van der Waals surface area contributed by atoms with Gasteiger partial charge in [0.05, 0.1) is 33.5 Å². The molecule has 11 rings (SSSR count). The van der Waals surface area contributed by atoms with E-state index in [1.54, 1.807) is 0 Å². The SMILES string of the molecule is c1ccc(-c2nccc(-c3cccc(-n4c5ccccc5c5c6c7ccccc7n(-c7cccc(-c8ccnc(-c9ccccc9)n8)c7)c6ccc54)c3)n2)cc1. The van der Waals surface area contributed by atoms with E-state index in [9.17, 15) is 0 Å². The number of rotatable bonds is 6. The van der Waals surface area contributed by atoms with Gasteiger partial charge in [-0.05, 0) is 60.7 Å². The fraction of sp³-hybridized carbons (Fsp3) is 0. The lowest BCUT2D eigenvalue weighted by atomic mass is 10.1. The van der Waals surface area contributed by atoms with Crippen LogP contribution >= 0.6 is 0 Å². The number of aromatic nitrogens is 6. The normalized spacial score (nSPS) is 11.6. The minimum absolute atomic E-state index is 0.712. The number of nitrogens with zero attached hydrogens (tertiary/aromatic N) is 6. The zero-order valence-electron chi connectivity index (χ0n) is 30.2. The molecule has 7 aromatic carbocycles. The highest BCUT2D eigenvalue weighted by Gasteiger charge is 2.21. The molecule has 0 fully saturated rings. The van der Waals surface area contributed by atoms with Crippen molar-refractivity contribution in [1.82, 2.24) is 29.1 Å². The fourth-order valence-corrected chi connectivity index (χ4v) is 8.17. The van der Waals surface area contributed by atoms with Gasteiger partial charge in [0, 0.05) is 67.6 Å². The Morgan fingerprint density at radius 1 is 0.321 bits per heavy atom. The fourth-order valence-electron chi connectivity index (χ4n) is 8.17. The predicted molar refractivity (Wildman–Crippen MR) is 228 cm³/mol.